The van der Waals surface area contributed by atoms with Gasteiger partial charge in [-0.2, -0.15) is 0 Å². The average molecular weight is 265 g/mol. The van der Waals surface area contributed by atoms with Crippen LogP contribution in [0.1, 0.15) is 25.8 Å². The zero-order valence-corrected chi connectivity index (χ0v) is 11.0. The molecule has 2 rings (SSSR count). The highest BCUT2D eigenvalue weighted by Crippen LogP contribution is 2.42. The third kappa shape index (κ3) is 2.10. The summed E-state index contributed by atoms with van der Waals surface area (Å²) in [6.07, 6.45) is 5.47. The molecule has 3 nitrogen and oxygen atoms in total. The van der Waals surface area contributed by atoms with Crippen molar-refractivity contribution >= 4 is 17.6 Å². The summed E-state index contributed by atoms with van der Waals surface area (Å²) in [5.41, 5.74) is -0.580. The second kappa shape index (κ2) is 4.31. The summed E-state index contributed by atoms with van der Waals surface area (Å²) in [4.78, 5) is 12.1. The first kappa shape index (κ1) is 12.9. The summed E-state index contributed by atoms with van der Waals surface area (Å²) >= 11 is 5.84. The van der Waals surface area contributed by atoms with Crippen LogP contribution in [0.15, 0.2) is 24.3 Å². The number of hydrogen-bond donors (Lipinski definition) is 0. The van der Waals surface area contributed by atoms with Crippen LogP contribution in [0.4, 0.5) is 0 Å². The lowest BCUT2D eigenvalue weighted by Gasteiger charge is -2.24. The van der Waals surface area contributed by atoms with Gasteiger partial charge in [-0.25, -0.2) is 4.79 Å². The Hall–Kier alpha value is -1.50. The first-order valence-corrected chi connectivity index (χ1v) is 5.90. The number of halogens is 1. The third-order valence-electron chi connectivity index (χ3n) is 2.75. The van der Waals surface area contributed by atoms with Crippen LogP contribution in [-0.4, -0.2) is 11.8 Å². The molecule has 1 fully saturated rings. The quantitative estimate of drug-likeness (QED) is 0.609. The number of carbonyl (C=O) groups excluding carboxylic acids is 1. The highest BCUT2D eigenvalue weighted by molar-refractivity contribution is 6.30. The van der Waals surface area contributed by atoms with Gasteiger partial charge in [0, 0.05) is 18.9 Å². The smallest absolute Gasteiger partial charge is 0.346 e. The fourth-order valence-corrected chi connectivity index (χ4v) is 2.16. The van der Waals surface area contributed by atoms with Crippen molar-refractivity contribution in [1.82, 2.24) is 0 Å². The maximum absolute atomic E-state index is 12.1. The van der Waals surface area contributed by atoms with E-state index in [2.05, 4.69) is 5.92 Å². The lowest BCUT2D eigenvalue weighted by Crippen LogP contribution is -2.34. The van der Waals surface area contributed by atoms with Gasteiger partial charge >= 0.3 is 5.97 Å². The number of ether oxygens (including phenoxy) is 2. The monoisotopic (exact) mass is 264 g/mol. The molecule has 18 heavy (non-hydrogen) atoms. The van der Waals surface area contributed by atoms with E-state index < -0.39 is 17.4 Å². The van der Waals surface area contributed by atoms with Crippen LogP contribution in [-0.2, 0) is 19.9 Å². The Bertz CT molecular complexity index is 513. The predicted octanol–water partition coefficient (Wildman–Crippen LogP) is 2.87. The van der Waals surface area contributed by atoms with E-state index in [9.17, 15) is 4.79 Å². The molecule has 0 N–H and O–H groups in total. The Balaban J connectivity index is 2.49. The molecule has 1 aliphatic rings. The Morgan fingerprint density at radius 3 is 2.39 bits per heavy atom. The van der Waals surface area contributed by atoms with Crippen LogP contribution in [0.25, 0.3) is 0 Å². The fraction of sp³-hybridized carbons (Fsp3) is 0.357. The number of esters is 1. The number of benzene rings is 1. The molecule has 1 aliphatic heterocycles. The predicted molar refractivity (Wildman–Crippen MR) is 67.8 cm³/mol. The van der Waals surface area contributed by atoms with Crippen LogP contribution in [0, 0.1) is 12.3 Å². The largest absolute Gasteiger partial charge is 0.431 e. The summed E-state index contributed by atoms with van der Waals surface area (Å²) in [6.45, 7) is 3.36. The van der Waals surface area contributed by atoms with E-state index in [-0.39, 0.29) is 6.42 Å². The molecule has 0 spiro atoms. The number of cyclic esters (lactones) is 1. The second-order valence-electron chi connectivity index (χ2n) is 4.61. The van der Waals surface area contributed by atoms with Gasteiger partial charge in [0.05, 0.1) is 6.42 Å². The van der Waals surface area contributed by atoms with E-state index in [1.807, 2.05) is 0 Å². The van der Waals surface area contributed by atoms with Crippen LogP contribution in [0.2, 0.25) is 5.02 Å². The molecule has 1 atom stereocenters. The normalized spacial score (nSPS) is 25.6. The van der Waals surface area contributed by atoms with Gasteiger partial charge in [-0.05, 0) is 17.7 Å². The first-order valence-electron chi connectivity index (χ1n) is 5.53. The number of carbonyl (C=O) groups is 1. The number of terminal acetylenes is 1. The van der Waals surface area contributed by atoms with Gasteiger partial charge in [-0.15, -0.1) is 12.3 Å². The lowest BCUT2D eigenvalue weighted by atomic mass is 9.91. The van der Waals surface area contributed by atoms with Crippen LogP contribution < -0.4 is 0 Å². The van der Waals surface area contributed by atoms with Gasteiger partial charge in [-0.3, -0.25) is 0 Å². The van der Waals surface area contributed by atoms with E-state index in [0.29, 0.717) is 10.6 Å². The molecule has 0 aliphatic carbocycles. The Labute approximate surface area is 111 Å². The Kier molecular flexibility index (Phi) is 3.10. The van der Waals surface area contributed by atoms with Crippen molar-refractivity contribution in [1.29, 1.82) is 0 Å². The molecule has 1 saturated heterocycles. The van der Waals surface area contributed by atoms with Gasteiger partial charge < -0.3 is 9.47 Å². The summed E-state index contributed by atoms with van der Waals surface area (Å²) < 4.78 is 11.0. The molecule has 0 bridgehead atoms. The maximum Gasteiger partial charge on any atom is 0.346 e. The molecule has 94 valence electrons. The van der Waals surface area contributed by atoms with Gasteiger partial charge in [0.15, 0.2) is 0 Å². The molecule has 1 unspecified atom stereocenters. The fourth-order valence-electron chi connectivity index (χ4n) is 2.04. The van der Waals surface area contributed by atoms with E-state index in [1.54, 1.807) is 38.1 Å². The molecular weight excluding hydrogens is 252 g/mol. The van der Waals surface area contributed by atoms with Crippen LogP contribution >= 0.6 is 11.6 Å². The van der Waals surface area contributed by atoms with Crippen molar-refractivity contribution in [3.8, 4) is 12.3 Å². The molecule has 0 saturated carbocycles. The SMILES string of the molecule is C#CCC1(c2ccc(Cl)cc2)OC(C)(C)OC1=O. The van der Waals surface area contributed by atoms with Crippen LogP contribution in [0.3, 0.4) is 0 Å². The van der Waals surface area contributed by atoms with Crippen LogP contribution in [0.5, 0.6) is 0 Å². The first-order chi connectivity index (χ1) is 8.39. The van der Waals surface area contributed by atoms with Gasteiger partial charge in [0.2, 0.25) is 11.4 Å². The Morgan fingerprint density at radius 1 is 1.33 bits per heavy atom. The molecule has 4 heteroatoms. The highest BCUT2D eigenvalue weighted by atomic mass is 35.5. The average Bonchev–Trinajstić information content (AvgIpc) is 2.50. The standard InChI is InChI=1S/C14H13ClO3/c1-4-9-14(10-5-7-11(15)8-6-10)12(16)17-13(2,3)18-14/h1,5-8H,9H2,2-3H3. The minimum atomic E-state index is -1.23. The molecular formula is C14H13ClO3. The van der Waals surface area contributed by atoms with Crippen molar-refractivity contribution in [3.63, 3.8) is 0 Å². The second-order valence-corrected chi connectivity index (χ2v) is 5.04. The van der Waals surface area contributed by atoms with Crippen molar-refractivity contribution in [2.45, 2.75) is 31.7 Å². The highest BCUT2D eigenvalue weighted by Gasteiger charge is 2.54. The van der Waals surface area contributed by atoms with Crippen molar-refractivity contribution in [3.05, 3.63) is 34.9 Å². The minimum Gasteiger partial charge on any atom is -0.431 e. The minimum absolute atomic E-state index is 0.122. The lowest BCUT2D eigenvalue weighted by molar-refractivity contribution is -0.167. The Morgan fingerprint density at radius 2 is 1.94 bits per heavy atom. The number of rotatable bonds is 2. The summed E-state index contributed by atoms with van der Waals surface area (Å²) in [7, 11) is 0. The molecule has 1 aromatic rings. The van der Waals surface area contributed by atoms with Gasteiger partial charge in [-0.1, -0.05) is 23.7 Å². The number of hydrogen-bond acceptors (Lipinski definition) is 3. The van der Waals surface area contributed by atoms with Crippen molar-refractivity contribution < 1.29 is 14.3 Å². The zero-order chi connectivity index (χ0) is 13.4. The summed E-state index contributed by atoms with van der Waals surface area (Å²) in [5, 5.41) is 0.584. The molecule has 0 aromatic heterocycles. The maximum atomic E-state index is 12.1. The van der Waals surface area contributed by atoms with Crippen molar-refractivity contribution in [2.24, 2.45) is 0 Å². The van der Waals surface area contributed by atoms with Gasteiger partial charge in [0.25, 0.3) is 0 Å². The summed E-state index contributed by atoms with van der Waals surface area (Å²) in [6, 6.07) is 6.83. The molecule has 0 amide bonds. The molecule has 1 aromatic carbocycles. The zero-order valence-electron chi connectivity index (χ0n) is 10.2. The van der Waals surface area contributed by atoms with Crippen molar-refractivity contribution in [2.75, 3.05) is 0 Å². The van der Waals surface area contributed by atoms with E-state index >= 15 is 0 Å². The van der Waals surface area contributed by atoms with E-state index in [4.69, 9.17) is 27.5 Å². The summed E-state index contributed by atoms with van der Waals surface area (Å²) in [5.74, 6) is 1.03. The molecule has 0 radical (unpaired) electrons. The van der Waals surface area contributed by atoms with E-state index in [0.717, 1.165) is 0 Å². The van der Waals surface area contributed by atoms with E-state index in [1.165, 1.54) is 0 Å². The third-order valence-corrected chi connectivity index (χ3v) is 3.00. The topological polar surface area (TPSA) is 35.5 Å². The van der Waals surface area contributed by atoms with Gasteiger partial charge in [0.1, 0.15) is 0 Å². The molecule has 1 heterocycles.